The molecule has 0 aliphatic carbocycles. The van der Waals surface area contributed by atoms with Crippen molar-refractivity contribution < 1.29 is 22.8 Å². The summed E-state index contributed by atoms with van der Waals surface area (Å²) in [6.07, 6.45) is 1.60. The number of ether oxygens (including phenoxy) is 1. The van der Waals surface area contributed by atoms with Gasteiger partial charge in [0.25, 0.3) is 5.91 Å². The van der Waals surface area contributed by atoms with Crippen LogP contribution in [0.25, 0.3) is 11.0 Å². The zero-order chi connectivity index (χ0) is 25.1. The lowest BCUT2D eigenvalue weighted by molar-refractivity contribution is 0.0919. The monoisotopic (exact) mass is 491 g/mol. The van der Waals surface area contributed by atoms with Crippen LogP contribution in [0.3, 0.4) is 0 Å². The van der Waals surface area contributed by atoms with Crippen LogP contribution in [0, 0.1) is 5.82 Å². The highest BCUT2D eigenvalue weighted by Crippen LogP contribution is 2.26. The van der Waals surface area contributed by atoms with E-state index in [-0.39, 0.29) is 24.0 Å². The topological polar surface area (TPSA) is 88.2 Å². The van der Waals surface area contributed by atoms with E-state index in [9.17, 15) is 14.0 Å². The van der Waals surface area contributed by atoms with Gasteiger partial charge in [0.15, 0.2) is 11.3 Å². The lowest BCUT2D eigenvalue weighted by Crippen LogP contribution is -2.50. The van der Waals surface area contributed by atoms with Crippen molar-refractivity contribution in [2.75, 3.05) is 44.7 Å². The van der Waals surface area contributed by atoms with Crippen molar-refractivity contribution in [3.63, 3.8) is 0 Å². The van der Waals surface area contributed by atoms with Crippen LogP contribution in [0.15, 0.2) is 80.6 Å². The molecular weight excluding hydrogens is 465 g/mol. The number of carbonyl (C=O) groups is 1. The number of carbonyl (C=O) groups excluding carboxylic acids is 1. The normalized spacial score (nSPS) is 15.1. The summed E-state index contributed by atoms with van der Waals surface area (Å²) in [4.78, 5) is 30.0. The summed E-state index contributed by atoms with van der Waals surface area (Å²) in [6, 6.07) is 16.7. The molecule has 5 rings (SSSR count). The molecule has 1 N–H and O–H groups in total. The smallest absolute Gasteiger partial charge is 0.349 e. The first-order valence-electron chi connectivity index (χ1n) is 11.7. The Morgan fingerprint density at radius 2 is 1.86 bits per heavy atom. The van der Waals surface area contributed by atoms with Crippen molar-refractivity contribution in [3.8, 4) is 5.75 Å². The highest BCUT2D eigenvalue weighted by molar-refractivity contribution is 5.97. The molecule has 2 aromatic heterocycles. The van der Waals surface area contributed by atoms with Crippen molar-refractivity contribution in [3.05, 3.63) is 94.5 Å². The maximum atomic E-state index is 13.3. The van der Waals surface area contributed by atoms with E-state index in [0.29, 0.717) is 16.7 Å². The third-order valence-corrected chi connectivity index (χ3v) is 6.46. The predicted molar refractivity (Wildman–Crippen MR) is 133 cm³/mol. The molecule has 4 aromatic rings. The molecule has 0 bridgehead atoms. The Morgan fingerprint density at radius 1 is 1.08 bits per heavy atom. The number of furan rings is 1. The van der Waals surface area contributed by atoms with Crippen LogP contribution < -0.4 is 20.6 Å². The number of benzene rings is 2. The number of hydrogen-bond donors (Lipinski definition) is 1. The molecule has 36 heavy (non-hydrogen) atoms. The van der Waals surface area contributed by atoms with Gasteiger partial charge in [-0.25, -0.2) is 9.18 Å². The summed E-state index contributed by atoms with van der Waals surface area (Å²) in [5, 5.41) is 3.48. The van der Waals surface area contributed by atoms with E-state index < -0.39 is 11.5 Å². The Kier molecular flexibility index (Phi) is 6.73. The second-order valence-corrected chi connectivity index (χ2v) is 8.57. The van der Waals surface area contributed by atoms with Gasteiger partial charge < -0.3 is 23.8 Å². The largest absolute Gasteiger partial charge is 0.493 e. The van der Waals surface area contributed by atoms with E-state index in [1.807, 2.05) is 12.1 Å². The Balaban J connectivity index is 1.29. The number of rotatable bonds is 7. The number of nitrogens with zero attached hydrogens (tertiary/aromatic N) is 2. The summed E-state index contributed by atoms with van der Waals surface area (Å²) in [5.74, 6) is 0.371. The fraction of sp³-hybridized carbons (Fsp3) is 0.259. The molecule has 0 radical (unpaired) electrons. The predicted octanol–water partition coefficient (Wildman–Crippen LogP) is 3.83. The molecule has 186 valence electrons. The minimum Gasteiger partial charge on any atom is -0.493 e. The number of fused-ring (bicyclic) bond motifs is 1. The van der Waals surface area contributed by atoms with Crippen LogP contribution in [0.4, 0.5) is 10.1 Å². The van der Waals surface area contributed by atoms with Gasteiger partial charge in [-0.2, -0.15) is 0 Å². The summed E-state index contributed by atoms with van der Waals surface area (Å²) < 4.78 is 29.6. The quantitative estimate of drug-likeness (QED) is 0.393. The lowest BCUT2D eigenvalue weighted by atomic mass is 10.1. The molecule has 0 saturated carbocycles. The third kappa shape index (κ3) is 4.83. The van der Waals surface area contributed by atoms with Gasteiger partial charge in [-0.15, -0.1) is 0 Å². The second kappa shape index (κ2) is 10.2. The fourth-order valence-electron chi connectivity index (χ4n) is 4.56. The highest BCUT2D eigenvalue weighted by Gasteiger charge is 2.28. The average Bonchev–Trinajstić information content (AvgIpc) is 3.43. The summed E-state index contributed by atoms with van der Waals surface area (Å²) in [5.41, 5.74) is 0.467. The summed E-state index contributed by atoms with van der Waals surface area (Å²) in [7, 11) is 1.49. The molecule has 2 aromatic carbocycles. The van der Waals surface area contributed by atoms with Crippen LogP contribution in [-0.2, 0) is 0 Å². The Labute approximate surface area is 206 Å². The maximum absolute atomic E-state index is 13.3. The highest BCUT2D eigenvalue weighted by atomic mass is 19.1. The van der Waals surface area contributed by atoms with E-state index in [2.05, 4.69) is 15.1 Å². The number of anilines is 1. The van der Waals surface area contributed by atoms with Gasteiger partial charge in [-0.3, -0.25) is 9.69 Å². The Bertz CT molecular complexity index is 1390. The van der Waals surface area contributed by atoms with E-state index in [4.69, 9.17) is 13.6 Å². The molecule has 1 atom stereocenters. The Hall–Kier alpha value is -4.11. The molecule has 0 spiro atoms. The van der Waals surface area contributed by atoms with Crippen molar-refractivity contribution in [2.45, 2.75) is 6.04 Å². The zero-order valence-corrected chi connectivity index (χ0v) is 19.8. The Morgan fingerprint density at radius 3 is 2.56 bits per heavy atom. The van der Waals surface area contributed by atoms with Crippen LogP contribution >= 0.6 is 0 Å². The second-order valence-electron chi connectivity index (χ2n) is 8.57. The van der Waals surface area contributed by atoms with Gasteiger partial charge in [0, 0.05) is 43.8 Å². The maximum Gasteiger partial charge on any atom is 0.349 e. The van der Waals surface area contributed by atoms with Gasteiger partial charge in [0.1, 0.15) is 17.1 Å². The van der Waals surface area contributed by atoms with Gasteiger partial charge in [-0.05, 0) is 48.5 Å². The molecule has 3 heterocycles. The zero-order valence-electron chi connectivity index (χ0n) is 19.8. The minimum atomic E-state index is -0.730. The number of para-hydroxylation sites is 1. The molecule has 9 heteroatoms. The fourth-order valence-corrected chi connectivity index (χ4v) is 4.56. The van der Waals surface area contributed by atoms with Gasteiger partial charge in [0.2, 0.25) is 0 Å². The van der Waals surface area contributed by atoms with Crippen LogP contribution in [0.5, 0.6) is 5.75 Å². The van der Waals surface area contributed by atoms with Crippen molar-refractivity contribution >= 4 is 22.6 Å². The van der Waals surface area contributed by atoms with Crippen LogP contribution in [0.1, 0.15) is 22.2 Å². The molecule has 8 nitrogen and oxygen atoms in total. The number of piperazine rings is 1. The van der Waals surface area contributed by atoms with Crippen molar-refractivity contribution in [1.82, 2.24) is 10.2 Å². The van der Waals surface area contributed by atoms with Gasteiger partial charge in [0.05, 0.1) is 19.4 Å². The average molecular weight is 492 g/mol. The number of amides is 1. The first-order chi connectivity index (χ1) is 17.5. The van der Waals surface area contributed by atoms with E-state index in [1.165, 1.54) is 25.3 Å². The van der Waals surface area contributed by atoms with Crippen molar-refractivity contribution in [2.24, 2.45) is 0 Å². The third-order valence-electron chi connectivity index (χ3n) is 6.46. The summed E-state index contributed by atoms with van der Waals surface area (Å²) in [6.45, 7) is 3.17. The molecule has 1 amide bonds. The number of methoxy groups -OCH3 is 1. The first kappa shape index (κ1) is 23.6. The van der Waals surface area contributed by atoms with Crippen LogP contribution in [0.2, 0.25) is 0 Å². The first-order valence-corrected chi connectivity index (χ1v) is 11.7. The van der Waals surface area contributed by atoms with E-state index in [0.717, 1.165) is 37.6 Å². The molecule has 1 fully saturated rings. The lowest BCUT2D eigenvalue weighted by Gasteiger charge is -2.39. The molecular formula is C27H26FN3O5. The standard InChI is InChI=1S/C27H26FN3O5/c1-34-24-5-2-4-18-16-21(27(33)36-25(18)24)26(32)29-17-22(23-6-3-15-35-23)31-13-11-30(12-14-31)20-9-7-19(28)8-10-20/h2-10,15-16,22H,11-14,17H2,1H3,(H,29,32)/t22-/m0/s1. The number of hydrogen-bond acceptors (Lipinski definition) is 7. The number of halogens is 1. The molecule has 1 aliphatic heterocycles. The van der Waals surface area contributed by atoms with Gasteiger partial charge >= 0.3 is 5.63 Å². The van der Waals surface area contributed by atoms with Crippen molar-refractivity contribution in [1.29, 1.82) is 0 Å². The van der Waals surface area contributed by atoms with Crippen LogP contribution in [-0.4, -0.2) is 50.6 Å². The van der Waals surface area contributed by atoms with E-state index >= 15 is 0 Å². The SMILES string of the molecule is COc1cccc2cc(C(=O)NC[C@@H](c3ccco3)N3CCN(c4ccc(F)cc4)CC3)c(=O)oc12. The molecule has 1 saturated heterocycles. The minimum absolute atomic E-state index is 0.0740. The molecule has 1 aliphatic rings. The number of nitrogens with one attached hydrogen (secondary N) is 1. The molecule has 0 unspecified atom stereocenters. The van der Waals surface area contributed by atoms with E-state index in [1.54, 1.807) is 36.6 Å². The summed E-state index contributed by atoms with van der Waals surface area (Å²) >= 11 is 0. The van der Waals surface area contributed by atoms with Gasteiger partial charge in [-0.1, -0.05) is 12.1 Å².